The second kappa shape index (κ2) is 7.70. The Labute approximate surface area is 183 Å². The third kappa shape index (κ3) is 3.63. The average Bonchev–Trinajstić information content (AvgIpc) is 3.33. The second-order valence-electron chi connectivity index (χ2n) is 7.54. The van der Waals surface area contributed by atoms with Crippen LogP contribution in [0.5, 0.6) is 0 Å². The summed E-state index contributed by atoms with van der Waals surface area (Å²) in [6.07, 6.45) is 11.3. The first-order chi connectivity index (χ1) is 15.0. The number of nitrogens with one attached hydrogen (secondary N) is 3. The van der Waals surface area contributed by atoms with E-state index in [1.807, 2.05) is 23.3 Å². The van der Waals surface area contributed by atoms with Gasteiger partial charge < -0.3 is 15.0 Å². The zero-order valence-electron chi connectivity index (χ0n) is 16.7. The SMILES string of the molecule is CO/C(=N\C(=N)C1=CNC2C=CC(c3c[nH]nc3-c3ccc(Cl)cc3F)=CN12)C1CC1. The number of nitrogens with zero attached hydrogens (tertiary/aromatic N) is 3. The molecule has 3 aliphatic rings. The molecular formula is C22H20ClFN6O. The van der Waals surface area contributed by atoms with E-state index in [2.05, 4.69) is 20.5 Å². The predicted octanol–water partition coefficient (Wildman–Crippen LogP) is 4.28. The van der Waals surface area contributed by atoms with Gasteiger partial charge >= 0.3 is 0 Å². The standard InChI is InChI=1S/C22H20ClFN6O/c1-31-22(12-2-3-12)28-21(25)18-10-26-19-7-4-13(11-30(18)19)16-9-27-29-20(16)15-6-5-14(23)8-17(15)24/h4-12,19,25-26H,2-3H2,1H3,(H,27,29)/b25-21?,28-22-. The number of methoxy groups -OCH3 is 1. The minimum absolute atomic E-state index is 0.121. The van der Waals surface area contributed by atoms with Gasteiger partial charge in [0.25, 0.3) is 0 Å². The van der Waals surface area contributed by atoms with E-state index in [4.69, 9.17) is 21.7 Å². The highest BCUT2D eigenvalue weighted by atomic mass is 35.5. The molecule has 2 aliphatic heterocycles. The zero-order chi connectivity index (χ0) is 21.5. The molecule has 31 heavy (non-hydrogen) atoms. The first-order valence-electron chi connectivity index (χ1n) is 9.91. The van der Waals surface area contributed by atoms with Gasteiger partial charge in [-0.3, -0.25) is 10.5 Å². The van der Waals surface area contributed by atoms with E-state index in [1.165, 1.54) is 6.07 Å². The number of fused-ring (bicyclic) bond motifs is 1. The lowest BCUT2D eigenvalue weighted by atomic mass is 10.00. The topological polar surface area (TPSA) is 89.4 Å². The van der Waals surface area contributed by atoms with E-state index < -0.39 is 5.82 Å². The maximum absolute atomic E-state index is 14.5. The summed E-state index contributed by atoms with van der Waals surface area (Å²) >= 11 is 5.89. The van der Waals surface area contributed by atoms with E-state index >= 15 is 0 Å². The highest BCUT2D eigenvalue weighted by Gasteiger charge is 2.32. The second-order valence-corrected chi connectivity index (χ2v) is 7.98. The fourth-order valence-electron chi connectivity index (χ4n) is 3.70. The minimum atomic E-state index is -0.439. The third-order valence-corrected chi connectivity index (χ3v) is 5.68. The molecule has 1 atom stereocenters. The van der Waals surface area contributed by atoms with Crippen molar-refractivity contribution in [2.45, 2.75) is 19.0 Å². The van der Waals surface area contributed by atoms with Crippen molar-refractivity contribution >= 4 is 28.9 Å². The number of ether oxygens (including phenoxy) is 1. The van der Waals surface area contributed by atoms with Crippen molar-refractivity contribution in [1.82, 2.24) is 20.4 Å². The smallest absolute Gasteiger partial charge is 0.192 e. The van der Waals surface area contributed by atoms with Gasteiger partial charge in [-0.25, -0.2) is 4.39 Å². The van der Waals surface area contributed by atoms with Crippen LogP contribution in [0.2, 0.25) is 5.02 Å². The summed E-state index contributed by atoms with van der Waals surface area (Å²) in [6.45, 7) is 0. The molecular weight excluding hydrogens is 419 g/mol. The molecule has 9 heteroatoms. The molecule has 1 aromatic carbocycles. The third-order valence-electron chi connectivity index (χ3n) is 5.44. The number of rotatable bonds is 4. The van der Waals surface area contributed by atoms with Crippen molar-refractivity contribution in [1.29, 1.82) is 5.41 Å². The molecule has 1 unspecified atom stereocenters. The fourth-order valence-corrected chi connectivity index (χ4v) is 3.86. The van der Waals surface area contributed by atoms with Crippen LogP contribution >= 0.6 is 11.6 Å². The van der Waals surface area contributed by atoms with Gasteiger partial charge in [-0.1, -0.05) is 17.7 Å². The van der Waals surface area contributed by atoms with Gasteiger partial charge in [0.05, 0.1) is 7.11 Å². The number of aromatic amines is 1. The van der Waals surface area contributed by atoms with Crippen LogP contribution in [0.25, 0.3) is 16.8 Å². The summed E-state index contributed by atoms with van der Waals surface area (Å²) in [4.78, 5) is 6.32. The Bertz CT molecular complexity index is 1180. The number of benzene rings is 1. The monoisotopic (exact) mass is 438 g/mol. The molecule has 1 saturated carbocycles. The van der Waals surface area contributed by atoms with E-state index in [-0.39, 0.29) is 12.0 Å². The molecule has 0 spiro atoms. The highest BCUT2D eigenvalue weighted by Crippen LogP contribution is 2.35. The molecule has 1 aromatic heterocycles. The summed E-state index contributed by atoms with van der Waals surface area (Å²) < 4.78 is 19.9. The maximum atomic E-state index is 14.5. The van der Waals surface area contributed by atoms with Crippen LogP contribution < -0.4 is 5.32 Å². The number of allylic oxidation sites excluding steroid dienone is 2. The first-order valence-corrected chi connectivity index (χ1v) is 10.3. The van der Waals surface area contributed by atoms with Crippen LogP contribution in [-0.2, 0) is 4.74 Å². The quantitative estimate of drug-likeness (QED) is 0.491. The van der Waals surface area contributed by atoms with Gasteiger partial charge in [-0.2, -0.15) is 10.1 Å². The van der Waals surface area contributed by atoms with Crippen LogP contribution in [-0.4, -0.2) is 40.1 Å². The molecule has 3 N–H and O–H groups in total. The summed E-state index contributed by atoms with van der Waals surface area (Å²) in [6, 6.07) is 4.52. The van der Waals surface area contributed by atoms with E-state index in [1.54, 1.807) is 31.6 Å². The van der Waals surface area contributed by atoms with Crippen molar-refractivity contribution in [2.75, 3.05) is 7.11 Å². The normalized spacial score (nSPS) is 20.2. The molecule has 158 valence electrons. The number of aromatic nitrogens is 2. The van der Waals surface area contributed by atoms with Crippen molar-refractivity contribution in [3.8, 4) is 11.3 Å². The summed E-state index contributed by atoms with van der Waals surface area (Å²) in [7, 11) is 1.59. The van der Waals surface area contributed by atoms with Gasteiger partial charge in [0.2, 0.25) is 0 Å². The number of aliphatic imine (C=N–C) groups is 1. The van der Waals surface area contributed by atoms with Gasteiger partial charge in [0.1, 0.15) is 23.4 Å². The highest BCUT2D eigenvalue weighted by molar-refractivity contribution is 6.30. The first kappa shape index (κ1) is 19.6. The number of hydrogen-bond donors (Lipinski definition) is 3. The molecule has 0 bridgehead atoms. The molecule has 5 rings (SSSR count). The maximum Gasteiger partial charge on any atom is 0.192 e. The van der Waals surface area contributed by atoms with Gasteiger partial charge in [0, 0.05) is 46.2 Å². The lowest BCUT2D eigenvalue weighted by Crippen LogP contribution is -2.34. The lowest BCUT2D eigenvalue weighted by molar-refractivity contribution is 0.386. The Morgan fingerprint density at radius 2 is 2.19 bits per heavy atom. The van der Waals surface area contributed by atoms with Crippen LogP contribution in [0.4, 0.5) is 4.39 Å². The predicted molar refractivity (Wildman–Crippen MR) is 118 cm³/mol. The molecule has 3 heterocycles. The summed E-state index contributed by atoms with van der Waals surface area (Å²) in [5.41, 5.74) is 3.05. The molecule has 0 radical (unpaired) electrons. The minimum Gasteiger partial charge on any atom is -0.484 e. The summed E-state index contributed by atoms with van der Waals surface area (Å²) in [5.74, 6) is 0.597. The van der Waals surface area contributed by atoms with Crippen molar-refractivity contribution in [3.63, 3.8) is 0 Å². The Morgan fingerprint density at radius 1 is 1.35 bits per heavy atom. The van der Waals surface area contributed by atoms with Crippen molar-refractivity contribution < 1.29 is 9.13 Å². The molecule has 0 amide bonds. The van der Waals surface area contributed by atoms with Crippen LogP contribution in [0.1, 0.15) is 18.4 Å². The van der Waals surface area contributed by atoms with Crippen molar-refractivity contribution in [3.05, 3.63) is 71.0 Å². The van der Waals surface area contributed by atoms with Crippen LogP contribution in [0, 0.1) is 17.1 Å². The van der Waals surface area contributed by atoms with Crippen molar-refractivity contribution in [2.24, 2.45) is 10.9 Å². The number of hydrogen-bond acceptors (Lipinski definition) is 5. The van der Waals surface area contributed by atoms with Gasteiger partial charge in [-0.05, 0) is 37.1 Å². The number of H-pyrrole nitrogens is 1. The van der Waals surface area contributed by atoms with Gasteiger partial charge in [0.15, 0.2) is 11.7 Å². The Morgan fingerprint density at radius 3 is 2.94 bits per heavy atom. The Balaban J connectivity index is 1.46. The zero-order valence-corrected chi connectivity index (χ0v) is 17.4. The van der Waals surface area contributed by atoms with Crippen LogP contribution in [0.15, 0.2) is 59.6 Å². The Hall–Kier alpha value is -3.39. The summed E-state index contributed by atoms with van der Waals surface area (Å²) in [5, 5.41) is 19.1. The van der Waals surface area contributed by atoms with Crippen LogP contribution in [0.3, 0.4) is 0 Å². The Kier molecular flexibility index (Phi) is 4.86. The van der Waals surface area contributed by atoms with E-state index in [9.17, 15) is 4.39 Å². The molecule has 7 nitrogen and oxygen atoms in total. The molecule has 1 aliphatic carbocycles. The average molecular weight is 439 g/mol. The number of halogens is 2. The number of amidine groups is 1. The molecule has 2 aromatic rings. The lowest BCUT2D eigenvalue weighted by Gasteiger charge is -2.27. The fraction of sp³-hybridized carbons (Fsp3) is 0.227. The van der Waals surface area contributed by atoms with E-state index in [0.717, 1.165) is 24.0 Å². The molecule has 1 fully saturated rings. The van der Waals surface area contributed by atoms with E-state index in [0.29, 0.717) is 33.8 Å². The molecule has 0 saturated heterocycles. The largest absolute Gasteiger partial charge is 0.484 e. The van der Waals surface area contributed by atoms with Gasteiger partial charge in [-0.15, -0.1) is 0 Å².